The SMILES string of the molecule is CN1C(=O)C2(NCCc3c2[nH]c2ccccc32)c2cc(Br)ccc21. The van der Waals surface area contributed by atoms with Crippen LogP contribution in [0.3, 0.4) is 0 Å². The summed E-state index contributed by atoms with van der Waals surface area (Å²) in [5.41, 5.74) is 4.48. The number of nitrogens with zero attached hydrogens (tertiary/aromatic N) is 1. The van der Waals surface area contributed by atoms with Crippen LogP contribution in [0, 0.1) is 0 Å². The number of hydrogen-bond donors (Lipinski definition) is 2. The third-order valence-corrected chi connectivity index (χ3v) is 5.80. The van der Waals surface area contributed by atoms with Gasteiger partial charge in [-0.25, -0.2) is 0 Å². The normalized spacial score (nSPS) is 22.2. The molecule has 1 spiro atoms. The molecule has 0 bridgehead atoms. The van der Waals surface area contributed by atoms with Crippen molar-refractivity contribution in [1.82, 2.24) is 10.3 Å². The number of carbonyl (C=O) groups is 1. The van der Waals surface area contributed by atoms with E-state index in [0.717, 1.165) is 39.9 Å². The van der Waals surface area contributed by atoms with E-state index in [-0.39, 0.29) is 5.91 Å². The Balaban J connectivity index is 1.88. The van der Waals surface area contributed by atoms with Crippen LogP contribution in [0.2, 0.25) is 0 Å². The zero-order valence-corrected chi connectivity index (χ0v) is 14.8. The summed E-state index contributed by atoms with van der Waals surface area (Å²) in [5.74, 6) is 0.0723. The minimum absolute atomic E-state index is 0.0723. The lowest BCUT2D eigenvalue weighted by Gasteiger charge is -2.34. The predicted octanol–water partition coefficient (Wildman–Crippen LogP) is 3.30. The highest BCUT2D eigenvalue weighted by atomic mass is 79.9. The largest absolute Gasteiger partial charge is 0.356 e. The van der Waals surface area contributed by atoms with E-state index in [2.05, 4.69) is 50.5 Å². The third-order valence-electron chi connectivity index (χ3n) is 5.30. The molecule has 5 heteroatoms. The van der Waals surface area contributed by atoms with Gasteiger partial charge in [0.15, 0.2) is 5.54 Å². The molecule has 2 aliphatic heterocycles. The van der Waals surface area contributed by atoms with Crippen molar-refractivity contribution in [2.24, 2.45) is 0 Å². The summed E-state index contributed by atoms with van der Waals surface area (Å²) in [6.45, 7) is 0.778. The van der Waals surface area contributed by atoms with Gasteiger partial charge in [0, 0.05) is 40.2 Å². The van der Waals surface area contributed by atoms with E-state index in [4.69, 9.17) is 0 Å². The number of benzene rings is 2. The maximum absolute atomic E-state index is 13.3. The summed E-state index contributed by atoms with van der Waals surface area (Å²) in [6.07, 6.45) is 0.918. The van der Waals surface area contributed by atoms with Crippen molar-refractivity contribution in [3.63, 3.8) is 0 Å². The minimum Gasteiger partial charge on any atom is -0.356 e. The molecule has 2 N–H and O–H groups in total. The van der Waals surface area contributed by atoms with Gasteiger partial charge < -0.3 is 9.88 Å². The van der Waals surface area contributed by atoms with E-state index in [1.807, 2.05) is 25.2 Å². The maximum atomic E-state index is 13.3. The smallest absolute Gasteiger partial charge is 0.257 e. The predicted molar refractivity (Wildman–Crippen MR) is 98.3 cm³/mol. The first-order chi connectivity index (χ1) is 11.6. The number of amides is 1. The molecule has 1 unspecified atom stereocenters. The number of fused-ring (bicyclic) bond motifs is 6. The van der Waals surface area contributed by atoms with Gasteiger partial charge in [-0.2, -0.15) is 0 Å². The van der Waals surface area contributed by atoms with Gasteiger partial charge in [0.2, 0.25) is 0 Å². The van der Waals surface area contributed by atoms with Crippen LogP contribution in [0.15, 0.2) is 46.9 Å². The second kappa shape index (κ2) is 4.71. The first kappa shape index (κ1) is 14.3. The van der Waals surface area contributed by atoms with Crippen LogP contribution in [-0.4, -0.2) is 24.5 Å². The van der Waals surface area contributed by atoms with Gasteiger partial charge >= 0.3 is 0 Å². The fraction of sp³-hybridized carbons (Fsp3) is 0.211. The number of H-pyrrole nitrogens is 1. The molecule has 0 aliphatic carbocycles. The summed E-state index contributed by atoms with van der Waals surface area (Å²) in [4.78, 5) is 18.6. The molecule has 3 aromatic rings. The van der Waals surface area contributed by atoms with Gasteiger partial charge in [-0.3, -0.25) is 10.1 Å². The van der Waals surface area contributed by atoms with Crippen molar-refractivity contribution in [3.05, 3.63) is 63.8 Å². The van der Waals surface area contributed by atoms with Crippen molar-refractivity contribution in [2.45, 2.75) is 12.0 Å². The molecule has 1 atom stereocenters. The molecular formula is C19H16BrN3O. The Bertz CT molecular complexity index is 1010. The Hall–Kier alpha value is -2.11. The van der Waals surface area contributed by atoms with Gasteiger partial charge in [0.05, 0.1) is 5.69 Å². The Kier molecular flexibility index (Phi) is 2.80. The molecule has 0 saturated carbocycles. The van der Waals surface area contributed by atoms with Crippen molar-refractivity contribution < 1.29 is 4.79 Å². The Morgan fingerprint density at radius 2 is 2.04 bits per heavy atom. The van der Waals surface area contributed by atoms with Crippen LogP contribution in [0.5, 0.6) is 0 Å². The van der Waals surface area contributed by atoms with Crippen LogP contribution >= 0.6 is 15.9 Å². The minimum atomic E-state index is -0.819. The fourth-order valence-corrected chi connectivity index (χ4v) is 4.59. The average Bonchev–Trinajstić information content (AvgIpc) is 3.07. The molecule has 2 aromatic carbocycles. The van der Waals surface area contributed by atoms with E-state index in [0.29, 0.717) is 0 Å². The molecule has 0 fully saturated rings. The van der Waals surface area contributed by atoms with Crippen molar-refractivity contribution in [2.75, 3.05) is 18.5 Å². The van der Waals surface area contributed by atoms with Crippen LogP contribution in [0.25, 0.3) is 10.9 Å². The van der Waals surface area contributed by atoms with E-state index in [1.165, 1.54) is 10.9 Å². The topological polar surface area (TPSA) is 48.1 Å². The summed E-state index contributed by atoms with van der Waals surface area (Å²) in [7, 11) is 1.85. The van der Waals surface area contributed by atoms with Crippen molar-refractivity contribution in [1.29, 1.82) is 0 Å². The molecule has 3 heterocycles. The summed E-state index contributed by atoms with van der Waals surface area (Å²) in [5, 5.41) is 4.75. The van der Waals surface area contributed by atoms with E-state index in [9.17, 15) is 4.79 Å². The lowest BCUT2D eigenvalue weighted by atomic mass is 9.82. The number of likely N-dealkylation sites (N-methyl/N-ethyl adjacent to an activating group) is 1. The van der Waals surface area contributed by atoms with Gasteiger partial charge in [0.1, 0.15) is 0 Å². The number of aromatic amines is 1. The quantitative estimate of drug-likeness (QED) is 0.627. The Morgan fingerprint density at radius 1 is 1.21 bits per heavy atom. The number of anilines is 1. The number of carbonyl (C=O) groups excluding carboxylic acids is 1. The number of halogens is 1. The highest BCUT2D eigenvalue weighted by Gasteiger charge is 2.54. The van der Waals surface area contributed by atoms with Gasteiger partial charge in [-0.15, -0.1) is 0 Å². The number of aromatic nitrogens is 1. The van der Waals surface area contributed by atoms with Crippen LogP contribution in [0.4, 0.5) is 5.69 Å². The van der Waals surface area contributed by atoms with Crippen LogP contribution < -0.4 is 10.2 Å². The zero-order valence-electron chi connectivity index (χ0n) is 13.2. The fourth-order valence-electron chi connectivity index (χ4n) is 4.23. The van der Waals surface area contributed by atoms with E-state index >= 15 is 0 Å². The molecule has 4 nitrogen and oxygen atoms in total. The molecule has 0 radical (unpaired) electrons. The maximum Gasteiger partial charge on any atom is 0.257 e. The molecule has 0 saturated heterocycles. The first-order valence-electron chi connectivity index (χ1n) is 8.06. The number of hydrogen-bond acceptors (Lipinski definition) is 2. The monoisotopic (exact) mass is 381 g/mol. The summed E-state index contributed by atoms with van der Waals surface area (Å²) in [6, 6.07) is 14.3. The second-order valence-corrected chi connectivity index (χ2v) is 7.39. The molecular weight excluding hydrogens is 366 g/mol. The molecule has 24 heavy (non-hydrogen) atoms. The lowest BCUT2D eigenvalue weighted by Crippen LogP contribution is -2.54. The van der Waals surface area contributed by atoms with E-state index in [1.54, 1.807) is 4.90 Å². The van der Waals surface area contributed by atoms with Crippen molar-refractivity contribution in [3.8, 4) is 0 Å². The molecule has 1 aromatic heterocycles. The Labute approximate surface area is 148 Å². The number of para-hydroxylation sites is 1. The van der Waals surface area contributed by atoms with Crippen molar-refractivity contribution >= 4 is 38.4 Å². The Morgan fingerprint density at radius 3 is 2.92 bits per heavy atom. The van der Waals surface area contributed by atoms with Gasteiger partial charge in [-0.1, -0.05) is 34.1 Å². The lowest BCUT2D eigenvalue weighted by molar-refractivity contribution is -0.122. The van der Waals surface area contributed by atoms with Gasteiger partial charge in [0.25, 0.3) is 5.91 Å². The molecule has 5 rings (SSSR count). The van der Waals surface area contributed by atoms with Crippen LogP contribution in [-0.2, 0) is 16.8 Å². The first-order valence-corrected chi connectivity index (χ1v) is 8.85. The average molecular weight is 382 g/mol. The number of rotatable bonds is 0. The number of nitrogens with one attached hydrogen (secondary N) is 2. The highest BCUT2D eigenvalue weighted by Crippen LogP contribution is 2.48. The zero-order chi connectivity index (χ0) is 16.5. The van der Waals surface area contributed by atoms with E-state index < -0.39 is 5.54 Å². The van der Waals surface area contributed by atoms with Gasteiger partial charge in [-0.05, 0) is 36.2 Å². The third kappa shape index (κ3) is 1.59. The standard InChI is InChI=1S/C19H16BrN3O/c1-23-16-7-6-11(20)10-14(16)19(18(23)24)17-13(8-9-21-19)12-4-2-3-5-15(12)22-17/h2-7,10,21-22H,8-9H2,1H3. The second-order valence-electron chi connectivity index (χ2n) is 6.48. The summed E-state index contributed by atoms with van der Waals surface area (Å²) < 4.78 is 0.980. The summed E-state index contributed by atoms with van der Waals surface area (Å²) >= 11 is 3.56. The van der Waals surface area contributed by atoms with Crippen LogP contribution in [0.1, 0.15) is 16.8 Å². The molecule has 1 amide bonds. The molecule has 120 valence electrons. The highest BCUT2D eigenvalue weighted by molar-refractivity contribution is 9.10. The molecule has 2 aliphatic rings.